The van der Waals surface area contributed by atoms with Crippen molar-refractivity contribution in [1.82, 2.24) is 5.32 Å². The van der Waals surface area contributed by atoms with Crippen LogP contribution in [0.25, 0.3) is 0 Å². The van der Waals surface area contributed by atoms with Crippen molar-refractivity contribution in [3.63, 3.8) is 0 Å². The van der Waals surface area contributed by atoms with E-state index in [1.807, 2.05) is 30.3 Å². The molecule has 0 spiro atoms. The fourth-order valence-electron chi connectivity index (χ4n) is 2.35. The van der Waals surface area contributed by atoms with Crippen LogP contribution in [0.1, 0.15) is 16.6 Å². The lowest BCUT2D eigenvalue weighted by Gasteiger charge is -2.15. The van der Waals surface area contributed by atoms with Gasteiger partial charge in [-0.1, -0.05) is 36.4 Å². The number of hydrogen-bond acceptors (Lipinski definition) is 6. The van der Waals surface area contributed by atoms with Crippen molar-refractivity contribution in [1.29, 1.82) is 0 Å². The molecule has 0 fully saturated rings. The molecule has 0 aliphatic rings. The van der Waals surface area contributed by atoms with Gasteiger partial charge in [-0.15, -0.1) is 11.3 Å². The van der Waals surface area contributed by atoms with Crippen LogP contribution in [0.4, 0.5) is 4.79 Å². The molecule has 1 amide bonds. The summed E-state index contributed by atoms with van der Waals surface area (Å²) in [6, 6.07) is 15.6. The van der Waals surface area contributed by atoms with Gasteiger partial charge in [-0.25, -0.2) is 13.2 Å². The third kappa shape index (κ3) is 4.33. The number of thiophene rings is 1. The van der Waals surface area contributed by atoms with Crippen LogP contribution in [0.15, 0.2) is 74.9 Å². The lowest BCUT2D eigenvalue weighted by Crippen LogP contribution is -2.32. The predicted octanol–water partition coefficient (Wildman–Crippen LogP) is 3.78. The number of carbonyl (C=O) groups is 1. The first-order chi connectivity index (χ1) is 12.6. The third-order valence-corrected chi connectivity index (χ3v) is 7.15. The number of benzene rings is 1. The van der Waals surface area contributed by atoms with Crippen LogP contribution in [0.2, 0.25) is 0 Å². The van der Waals surface area contributed by atoms with Crippen molar-refractivity contribution in [3.8, 4) is 0 Å². The highest BCUT2D eigenvalue weighted by atomic mass is 32.2. The Hall–Kier alpha value is -2.58. The third-order valence-electron chi connectivity index (χ3n) is 3.66. The normalized spacial score (nSPS) is 12.5. The molecule has 0 saturated heterocycles. The SMILES string of the molecule is O=C(NCC(c1ccco1)S(=O)(=O)c1cccs1)OCc1ccccc1. The molecule has 0 aliphatic heterocycles. The largest absolute Gasteiger partial charge is 0.468 e. The number of rotatable bonds is 7. The van der Waals surface area contributed by atoms with Gasteiger partial charge in [0, 0.05) is 6.54 Å². The summed E-state index contributed by atoms with van der Waals surface area (Å²) in [7, 11) is -3.69. The van der Waals surface area contributed by atoms with Gasteiger partial charge in [0.15, 0.2) is 9.84 Å². The minimum atomic E-state index is -3.69. The second kappa shape index (κ2) is 8.20. The van der Waals surface area contributed by atoms with Gasteiger partial charge >= 0.3 is 6.09 Å². The van der Waals surface area contributed by atoms with Crippen LogP contribution in [0.5, 0.6) is 0 Å². The fourth-order valence-corrected chi connectivity index (χ4v) is 5.14. The highest BCUT2D eigenvalue weighted by Gasteiger charge is 2.32. The Morgan fingerprint density at radius 3 is 2.58 bits per heavy atom. The van der Waals surface area contributed by atoms with Crippen molar-refractivity contribution in [3.05, 3.63) is 77.6 Å². The molecule has 0 radical (unpaired) electrons. The van der Waals surface area contributed by atoms with Crippen LogP contribution >= 0.6 is 11.3 Å². The van der Waals surface area contributed by atoms with Crippen molar-refractivity contribution in [2.75, 3.05) is 6.54 Å². The molecule has 1 aromatic carbocycles. The summed E-state index contributed by atoms with van der Waals surface area (Å²) in [5.41, 5.74) is 0.844. The predicted molar refractivity (Wildman–Crippen MR) is 97.6 cm³/mol. The van der Waals surface area contributed by atoms with E-state index in [1.54, 1.807) is 23.6 Å². The van der Waals surface area contributed by atoms with Crippen LogP contribution in [0, 0.1) is 0 Å². The Balaban J connectivity index is 1.66. The number of sulfone groups is 1. The number of ether oxygens (including phenoxy) is 1. The molecule has 2 aromatic heterocycles. The number of amides is 1. The molecule has 0 bridgehead atoms. The number of alkyl carbamates (subject to hydrolysis) is 1. The number of nitrogens with one attached hydrogen (secondary N) is 1. The van der Waals surface area contributed by atoms with Crippen LogP contribution < -0.4 is 5.32 Å². The average molecular weight is 391 g/mol. The summed E-state index contributed by atoms with van der Waals surface area (Å²) in [5.74, 6) is 0.266. The van der Waals surface area contributed by atoms with Crippen molar-refractivity contribution in [2.45, 2.75) is 16.1 Å². The van der Waals surface area contributed by atoms with E-state index in [2.05, 4.69) is 5.32 Å². The molecule has 3 aromatic rings. The van der Waals surface area contributed by atoms with Gasteiger partial charge in [-0.3, -0.25) is 0 Å². The van der Waals surface area contributed by atoms with E-state index in [4.69, 9.17) is 9.15 Å². The first kappa shape index (κ1) is 18.2. The number of hydrogen-bond donors (Lipinski definition) is 1. The quantitative estimate of drug-likeness (QED) is 0.662. The van der Waals surface area contributed by atoms with Crippen LogP contribution in [-0.4, -0.2) is 21.1 Å². The van der Waals surface area contributed by atoms with E-state index in [0.717, 1.165) is 16.9 Å². The molecule has 2 heterocycles. The minimum Gasteiger partial charge on any atom is -0.468 e. The van der Waals surface area contributed by atoms with Crippen LogP contribution in [-0.2, 0) is 21.2 Å². The summed E-state index contributed by atoms with van der Waals surface area (Å²) in [5, 5.41) is 3.17. The first-order valence-corrected chi connectivity index (χ1v) is 10.3. The summed E-state index contributed by atoms with van der Waals surface area (Å²) in [6.45, 7) is -0.0445. The number of furan rings is 1. The summed E-state index contributed by atoms with van der Waals surface area (Å²) in [4.78, 5) is 11.9. The molecule has 8 heteroatoms. The van der Waals surface area contributed by atoms with E-state index >= 15 is 0 Å². The monoisotopic (exact) mass is 391 g/mol. The van der Waals surface area contributed by atoms with E-state index in [0.29, 0.717) is 0 Å². The maximum Gasteiger partial charge on any atom is 0.407 e. The van der Waals surface area contributed by atoms with Crippen molar-refractivity contribution in [2.24, 2.45) is 0 Å². The van der Waals surface area contributed by atoms with Gasteiger partial charge in [0.25, 0.3) is 0 Å². The van der Waals surface area contributed by atoms with Gasteiger partial charge in [0.1, 0.15) is 21.8 Å². The van der Waals surface area contributed by atoms with Gasteiger partial charge in [0.05, 0.1) is 6.26 Å². The Kier molecular flexibility index (Phi) is 5.75. The molecule has 1 N–H and O–H groups in total. The number of carbonyl (C=O) groups excluding carboxylic acids is 1. The molecule has 0 aliphatic carbocycles. The summed E-state index contributed by atoms with van der Waals surface area (Å²) >= 11 is 1.12. The van der Waals surface area contributed by atoms with Gasteiger partial charge in [-0.2, -0.15) is 0 Å². The zero-order chi connectivity index (χ0) is 18.4. The molecule has 26 heavy (non-hydrogen) atoms. The second-order valence-corrected chi connectivity index (χ2v) is 8.73. The Morgan fingerprint density at radius 2 is 1.92 bits per heavy atom. The molecule has 136 valence electrons. The van der Waals surface area contributed by atoms with E-state index in [9.17, 15) is 13.2 Å². The Bertz CT molecular complexity index is 919. The standard InChI is InChI=1S/C18H17NO5S2/c20-18(24-13-14-6-2-1-3-7-14)19-12-16(15-8-4-10-23-15)26(21,22)17-9-5-11-25-17/h1-11,16H,12-13H2,(H,19,20). The average Bonchev–Trinajstić information content (AvgIpc) is 3.35. The van der Waals surface area contributed by atoms with Gasteiger partial charge in [-0.05, 0) is 29.1 Å². The van der Waals surface area contributed by atoms with Gasteiger partial charge in [0.2, 0.25) is 0 Å². The molecule has 1 unspecified atom stereocenters. The van der Waals surface area contributed by atoms with E-state index in [-0.39, 0.29) is 23.1 Å². The molecular formula is C18H17NO5S2. The molecule has 0 saturated carbocycles. The van der Waals surface area contributed by atoms with Crippen molar-refractivity contribution >= 4 is 27.3 Å². The Morgan fingerprint density at radius 1 is 1.12 bits per heavy atom. The zero-order valence-corrected chi connectivity index (χ0v) is 15.3. The maximum atomic E-state index is 12.8. The topological polar surface area (TPSA) is 85.6 Å². The lowest BCUT2D eigenvalue weighted by atomic mass is 10.2. The Labute approximate surface area is 155 Å². The molecule has 3 rings (SSSR count). The first-order valence-electron chi connectivity index (χ1n) is 7.83. The second-order valence-electron chi connectivity index (χ2n) is 5.42. The van der Waals surface area contributed by atoms with Gasteiger partial charge < -0.3 is 14.5 Å². The lowest BCUT2D eigenvalue weighted by molar-refractivity contribution is 0.139. The zero-order valence-electron chi connectivity index (χ0n) is 13.7. The molecule has 6 nitrogen and oxygen atoms in total. The minimum absolute atomic E-state index is 0.107. The smallest absolute Gasteiger partial charge is 0.407 e. The maximum absolute atomic E-state index is 12.8. The van der Waals surface area contributed by atoms with E-state index in [1.165, 1.54) is 12.3 Å². The summed E-state index contributed by atoms with van der Waals surface area (Å²) < 4.78 is 36.3. The highest BCUT2D eigenvalue weighted by Crippen LogP contribution is 2.31. The highest BCUT2D eigenvalue weighted by molar-refractivity contribution is 7.93. The summed E-state index contributed by atoms with van der Waals surface area (Å²) in [6.07, 6.45) is 0.715. The van der Waals surface area contributed by atoms with Crippen LogP contribution in [0.3, 0.4) is 0 Å². The molecule has 1 atom stereocenters. The fraction of sp³-hybridized carbons (Fsp3) is 0.167. The van der Waals surface area contributed by atoms with Crippen molar-refractivity contribution < 1.29 is 22.4 Å². The van der Waals surface area contributed by atoms with E-state index < -0.39 is 21.2 Å². The molecular weight excluding hydrogens is 374 g/mol.